The predicted molar refractivity (Wildman–Crippen MR) is 106 cm³/mol. The molecule has 29 heavy (non-hydrogen) atoms. The number of ether oxygens (including phenoxy) is 1. The van der Waals surface area contributed by atoms with E-state index >= 15 is 0 Å². The molecule has 0 saturated carbocycles. The average molecular weight is 415 g/mol. The van der Waals surface area contributed by atoms with Crippen LogP contribution in [-0.4, -0.2) is 33.4 Å². The van der Waals surface area contributed by atoms with Crippen LogP contribution < -0.4 is 10.2 Å². The molecule has 0 fully saturated rings. The summed E-state index contributed by atoms with van der Waals surface area (Å²) in [6.07, 6.45) is 3.32. The highest BCUT2D eigenvalue weighted by atomic mass is 32.1. The molecule has 1 aromatic carbocycles. The topological polar surface area (TPSA) is 97.3 Å². The molecule has 2 aromatic heterocycles. The van der Waals surface area contributed by atoms with E-state index in [0.717, 1.165) is 11.3 Å². The molecule has 0 bridgehead atoms. The third-order valence-corrected chi connectivity index (χ3v) is 4.57. The molecule has 1 N–H and O–H groups in total. The molecule has 3 aromatic rings. The zero-order chi connectivity index (χ0) is 20.6. The van der Waals surface area contributed by atoms with E-state index in [1.54, 1.807) is 36.0 Å². The molecule has 0 aliphatic rings. The minimum Gasteiger partial charge on any atom is -0.459 e. The van der Waals surface area contributed by atoms with Crippen LogP contribution >= 0.6 is 11.3 Å². The summed E-state index contributed by atoms with van der Waals surface area (Å²) < 4.78 is 19.3. The first-order chi connectivity index (χ1) is 14.0. The number of thiazole rings is 1. The number of para-hydroxylation sites is 1. The molecule has 10 heteroatoms. The Morgan fingerprint density at radius 1 is 1.21 bits per heavy atom. The second-order valence-electron chi connectivity index (χ2n) is 5.84. The zero-order valence-corrected chi connectivity index (χ0v) is 16.4. The van der Waals surface area contributed by atoms with Gasteiger partial charge in [-0.1, -0.05) is 12.1 Å². The number of hydrogen-bond acceptors (Lipinski definition) is 8. The molecule has 0 atom stereocenters. The van der Waals surface area contributed by atoms with Gasteiger partial charge in [0.2, 0.25) is 11.9 Å². The van der Waals surface area contributed by atoms with Crippen molar-refractivity contribution in [1.82, 2.24) is 15.0 Å². The normalized spacial score (nSPS) is 10.4. The smallest absolute Gasteiger partial charge is 0.307 e. The maximum atomic E-state index is 14.1. The highest BCUT2D eigenvalue weighted by Gasteiger charge is 2.21. The van der Waals surface area contributed by atoms with Gasteiger partial charge in [0.1, 0.15) is 12.4 Å². The van der Waals surface area contributed by atoms with E-state index in [1.807, 2.05) is 0 Å². The van der Waals surface area contributed by atoms with E-state index in [1.165, 1.54) is 24.0 Å². The lowest BCUT2D eigenvalue weighted by molar-refractivity contribution is -0.144. The van der Waals surface area contributed by atoms with Gasteiger partial charge in [0, 0.05) is 31.2 Å². The second kappa shape index (κ2) is 9.69. The summed E-state index contributed by atoms with van der Waals surface area (Å²) in [7, 11) is 0. The molecule has 0 saturated heterocycles. The van der Waals surface area contributed by atoms with Crippen LogP contribution in [0, 0.1) is 5.82 Å². The van der Waals surface area contributed by atoms with E-state index < -0.39 is 11.8 Å². The van der Waals surface area contributed by atoms with Gasteiger partial charge >= 0.3 is 5.97 Å². The number of rotatable bonds is 8. The fraction of sp³-hybridized carbons (Fsp3) is 0.211. The van der Waals surface area contributed by atoms with Gasteiger partial charge in [-0.2, -0.15) is 0 Å². The van der Waals surface area contributed by atoms with Crippen molar-refractivity contribution in [2.75, 3.05) is 16.8 Å². The van der Waals surface area contributed by atoms with Crippen molar-refractivity contribution >= 4 is 40.0 Å². The lowest BCUT2D eigenvalue weighted by Crippen LogP contribution is -2.23. The predicted octanol–water partition coefficient (Wildman–Crippen LogP) is 3.30. The molecule has 0 spiro atoms. The highest BCUT2D eigenvalue weighted by Crippen LogP contribution is 2.30. The number of anilines is 3. The van der Waals surface area contributed by atoms with Gasteiger partial charge in [-0.05, 0) is 18.2 Å². The molecular formula is C19H18FN5O3S. The van der Waals surface area contributed by atoms with Gasteiger partial charge in [-0.15, -0.1) is 11.3 Å². The number of benzene rings is 1. The Kier molecular flexibility index (Phi) is 6.80. The van der Waals surface area contributed by atoms with Crippen molar-refractivity contribution in [2.45, 2.75) is 20.0 Å². The largest absolute Gasteiger partial charge is 0.459 e. The lowest BCUT2D eigenvalue weighted by Gasteiger charge is -2.18. The van der Waals surface area contributed by atoms with Crippen molar-refractivity contribution in [2.24, 2.45) is 0 Å². The van der Waals surface area contributed by atoms with Crippen LogP contribution in [0.25, 0.3) is 0 Å². The SMILES string of the molecule is CC(=O)N(c1nc(COC(=O)CCNc2ncccn2)cs1)c1ccccc1F. The van der Waals surface area contributed by atoms with Crippen molar-refractivity contribution in [1.29, 1.82) is 0 Å². The van der Waals surface area contributed by atoms with Crippen molar-refractivity contribution in [3.63, 3.8) is 0 Å². The summed E-state index contributed by atoms with van der Waals surface area (Å²) in [4.78, 5) is 37.4. The Balaban J connectivity index is 1.54. The number of amides is 1. The quantitative estimate of drug-likeness (QED) is 0.564. The number of esters is 1. The molecule has 0 radical (unpaired) electrons. The fourth-order valence-electron chi connectivity index (χ4n) is 2.40. The first-order valence-electron chi connectivity index (χ1n) is 8.70. The Bertz CT molecular complexity index is 983. The van der Waals surface area contributed by atoms with Crippen LogP contribution in [0.2, 0.25) is 0 Å². The summed E-state index contributed by atoms with van der Waals surface area (Å²) in [5, 5.41) is 4.88. The van der Waals surface area contributed by atoms with Crippen LogP contribution in [0.5, 0.6) is 0 Å². The highest BCUT2D eigenvalue weighted by molar-refractivity contribution is 7.14. The first-order valence-corrected chi connectivity index (χ1v) is 9.58. The monoisotopic (exact) mass is 415 g/mol. The van der Waals surface area contributed by atoms with Gasteiger partial charge in [-0.3, -0.25) is 14.5 Å². The van der Waals surface area contributed by atoms with Gasteiger partial charge < -0.3 is 10.1 Å². The Labute approximate surface area is 170 Å². The van der Waals surface area contributed by atoms with Gasteiger partial charge in [0.25, 0.3) is 0 Å². The Morgan fingerprint density at radius 2 is 1.97 bits per heavy atom. The number of nitrogens with one attached hydrogen (secondary N) is 1. The van der Waals surface area contributed by atoms with E-state index in [-0.39, 0.29) is 24.6 Å². The second-order valence-corrected chi connectivity index (χ2v) is 6.67. The molecule has 1 amide bonds. The third-order valence-electron chi connectivity index (χ3n) is 3.70. The lowest BCUT2D eigenvalue weighted by atomic mass is 10.3. The standard InChI is InChI=1S/C19H18FN5O3S/c1-13(26)25(16-6-3-2-5-15(16)20)19-24-14(12-29-19)11-28-17(27)7-10-23-18-21-8-4-9-22-18/h2-6,8-9,12H,7,10-11H2,1H3,(H,21,22,23). The summed E-state index contributed by atoms with van der Waals surface area (Å²) in [5.41, 5.74) is 0.590. The maximum Gasteiger partial charge on any atom is 0.307 e. The Morgan fingerprint density at radius 3 is 2.69 bits per heavy atom. The molecule has 2 heterocycles. The molecule has 150 valence electrons. The first kappa shape index (κ1) is 20.3. The minimum atomic E-state index is -0.527. The van der Waals surface area contributed by atoms with Crippen molar-refractivity contribution in [3.05, 3.63) is 59.6 Å². The van der Waals surface area contributed by atoms with Gasteiger partial charge in [0.05, 0.1) is 17.8 Å². The van der Waals surface area contributed by atoms with Crippen LogP contribution in [0.3, 0.4) is 0 Å². The molecule has 0 unspecified atom stereocenters. The Hall–Kier alpha value is -3.40. The molecular weight excluding hydrogens is 397 g/mol. The summed E-state index contributed by atoms with van der Waals surface area (Å²) in [5.74, 6) is -0.884. The van der Waals surface area contributed by atoms with Gasteiger partial charge in [0.15, 0.2) is 5.13 Å². The van der Waals surface area contributed by atoms with E-state index in [9.17, 15) is 14.0 Å². The van der Waals surface area contributed by atoms with E-state index in [4.69, 9.17) is 4.74 Å². The summed E-state index contributed by atoms with van der Waals surface area (Å²) >= 11 is 1.16. The summed E-state index contributed by atoms with van der Waals surface area (Å²) in [6, 6.07) is 7.65. The number of carbonyl (C=O) groups excluding carboxylic acids is 2. The molecule has 0 aliphatic carbocycles. The van der Waals surface area contributed by atoms with E-state index in [2.05, 4.69) is 20.3 Å². The van der Waals surface area contributed by atoms with Crippen LogP contribution in [0.1, 0.15) is 19.0 Å². The molecule has 0 aliphatic heterocycles. The van der Waals surface area contributed by atoms with Crippen molar-refractivity contribution < 1.29 is 18.7 Å². The zero-order valence-electron chi connectivity index (χ0n) is 15.5. The average Bonchev–Trinajstić information content (AvgIpc) is 3.17. The van der Waals surface area contributed by atoms with Gasteiger partial charge in [-0.25, -0.2) is 19.3 Å². The summed E-state index contributed by atoms with van der Waals surface area (Å²) in [6.45, 7) is 1.62. The minimum absolute atomic E-state index is 0.0415. The number of aromatic nitrogens is 3. The number of halogens is 1. The third kappa shape index (κ3) is 5.55. The van der Waals surface area contributed by atoms with Crippen LogP contribution in [0.4, 0.5) is 21.2 Å². The van der Waals surface area contributed by atoms with Crippen molar-refractivity contribution in [3.8, 4) is 0 Å². The van der Waals surface area contributed by atoms with Crippen LogP contribution in [0.15, 0.2) is 48.1 Å². The number of hydrogen-bond donors (Lipinski definition) is 1. The van der Waals surface area contributed by atoms with E-state index in [0.29, 0.717) is 23.3 Å². The number of carbonyl (C=O) groups is 2. The van der Waals surface area contributed by atoms with Crippen LogP contribution in [-0.2, 0) is 20.9 Å². The number of nitrogens with zero attached hydrogens (tertiary/aromatic N) is 4. The molecule has 8 nitrogen and oxygen atoms in total. The fourth-order valence-corrected chi connectivity index (χ4v) is 3.26. The molecule has 3 rings (SSSR count). The maximum absolute atomic E-state index is 14.1.